The quantitative estimate of drug-likeness (QED) is 0.337. The number of aliphatic hydroxyl groups is 4. The van der Waals surface area contributed by atoms with Gasteiger partial charge in [-0.1, -0.05) is 0 Å². The van der Waals surface area contributed by atoms with Gasteiger partial charge >= 0.3 is 5.69 Å². The molecular formula is C10H16N2O5S. The maximum absolute atomic E-state index is 11.5. The minimum atomic E-state index is -1.00. The highest BCUT2D eigenvalue weighted by Crippen LogP contribution is 2.13. The molecule has 1 rings (SSSR count). The lowest BCUT2D eigenvalue weighted by atomic mass is 10.4. The minimum absolute atomic E-state index is 0.0213. The van der Waals surface area contributed by atoms with Crippen LogP contribution < -0.4 is 5.69 Å². The Labute approximate surface area is 108 Å². The van der Waals surface area contributed by atoms with Crippen molar-refractivity contribution in [2.24, 2.45) is 0 Å². The smallest absolute Gasteiger partial charge is 0.348 e. The Bertz CT molecular complexity index is 425. The summed E-state index contributed by atoms with van der Waals surface area (Å²) in [5, 5.41) is 36.1. The molecule has 0 spiro atoms. The second kappa shape index (κ2) is 7.49. The number of aromatic nitrogens is 2. The fourth-order valence-electron chi connectivity index (χ4n) is 1.15. The Kier molecular flexibility index (Phi) is 6.30. The van der Waals surface area contributed by atoms with Crippen LogP contribution in [0.2, 0.25) is 0 Å². The van der Waals surface area contributed by atoms with Crippen LogP contribution >= 0.6 is 11.8 Å². The second-order valence-electron chi connectivity index (χ2n) is 3.68. The number of hydrogen-bond acceptors (Lipinski definition) is 7. The van der Waals surface area contributed by atoms with Crippen molar-refractivity contribution >= 4 is 11.8 Å². The molecule has 0 amide bonds. The van der Waals surface area contributed by atoms with Crippen LogP contribution in [0.25, 0.3) is 0 Å². The van der Waals surface area contributed by atoms with E-state index in [2.05, 4.69) is 4.98 Å². The lowest BCUT2D eigenvalue weighted by Crippen LogP contribution is -2.29. The van der Waals surface area contributed by atoms with Crippen molar-refractivity contribution in [3.8, 4) is 0 Å². The highest BCUT2D eigenvalue weighted by atomic mass is 32.2. The standard InChI is InChI=1S/C10H16N2O5S/c13-4-7(15)3-12-2-1-9(11-10(12)17)18-6-8(16)5-14/h1-2,7-8,13-16H,3-6H2. The van der Waals surface area contributed by atoms with Crippen LogP contribution in [0, 0.1) is 0 Å². The first-order chi connectivity index (χ1) is 8.56. The van der Waals surface area contributed by atoms with Gasteiger partial charge in [0.2, 0.25) is 0 Å². The highest BCUT2D eigenvalue weighted by molar-refractivity contribution is 7.99. The van der Waals surface area contributed by atoms with Gasteiger partial charge in [-0.25, -0.2) is 4.79 Å². The van der Waals surface area contributed by atoms with Crippen molar-refractivity contribution in [2.75, 3.05) is 19.0 Å². The van der Waals surface area contributed by atoms with Crippen LogP contribution in [-0.4, -0.2) is 61.2 Å². The van der Waals surface area contributed by atoms with Crippen LogP contribution in [0.15, 0.2) is 22.1 Å². The zero-order valence-electron chi connectivity index (χ0n) is 9.64. The van der Waals surface area contributed by atoms with Gasteiger partial charge in [0.25, 0.3) is 0 Å². The largest absolute Gasteiger partial charge is 0.394 e. The van der Waals surface area contributed by atoms with Crippen molar-refractivity contribution in [3.63, 3.8) is 0 Å². The van der Waals surface area contributed by atoms with E-state index >= 15 is 0 Å². The Morgan fingerprint density at radius 1 is 1.28 bits per heavy atom. The summed E-state index contributed by atoms with van der Waals surface area (Å²) < 4.78 is 1.19. The van der Waals surface area contributed by atoms with E-state index in [1.165, 1.54) is 10.8 Å². The Balaban J connectivity index is 2.65. The van der Waals surface area contributed by atoms with Gasteiger partial charge in [-0.3, -0.25) is 4.57 Å². The van der Waals surface area contributed by atoms with Gasteiger partial charge in [0.05, 0.1) is 32.0 Å². The molecule has 0 bridgehead atoms. The fourth-order valence-corrected chi connectivity index (χ4v) is 1.92. The maximum Gasteiger partial charge on any atom is 0.348 e. The number of rotatable bonds is 7. The van der Waals surface area contributed by atoms with Crippen LogP contribution in [0.1, 0.15) is 0 Å². The summed E-state index contributed by atoms with van der Waals surface area (Å²) >= 11 is 1.15. The summed E-state index contributed by atoms with van der Waals surface area (Å²) in [5.74, 6) is 0.242. The molecule has 0 aromatic carbocycles. The summed E-state index contributed by atoms with van der Waals surface area (Å²) in [4.78, 5) is 15.3. The van der Waals surface area contributed by atoms with E-state index in [9.17, 15) is 9.90 Å². The molecule has 0 aliphatic carbocycles. The summed E-state index contributed by atoms with van der Waals surface area (Å²) in [5.41, 5.74) is -0.536. The average Bonchev–Trinajstić information content (AvgIpc) is 2.38. The van der Waals surface area contributed by atoms with Gasteiger partial charge < -0.3 is 20.4 Å². The van der Waals surface area contributed by atoms with Crippen LogP contribution in [0.4, 0.5) is 0 Å². The minimum Gasteiger partial charge on any atom is -0.394 e. The third kappa shape index (κ3) is 4.75. The van der Waals surface area contributed by atoms with Gasteiger partial charge in [-0.05, 0) is 6.07 Å². The first-order valence-corrected chi connectivity index (χ1v) is 6.33. The second-order valence-corrected chi connectivity index (χ2v) is 4.72. The van der Waals surface area contributed by atoms with Gasteiger partial charge in [-0.15, -0.1) is 11.8 Å². The highest BCUT2D eigenvalue weighted by Gasteiger charge is 2.08. The lowest BCUT2D eigenvalue weighted by Gasteiger charge is -2.10. The van der Waals surface area contributed by atoms with E-state index in [0.29, 0.717) is 5.03 Å². The number of nitrogens with zero attached hydrogens (tertiary/aromatic N) is 2. The van der Waals surface area contributed by atoms with Crippen molar-refractivity contribution in [1.29, 1.82) is 0 Å². The third-order valence-corrected chi connectivity index (χ3v) is 3.18. The summed E-state index contributed by atoms with van der Waals surface area (Å²) in [6, 6.07) is 1.57. The van der Waals surface area contributed by atoms with E-state index in [-0.39, 0.29) is 18.9 Å². The Hall–Kier alpha value is -0.930. The molecule has 7 nitrogen and oxygen atoms in total. The molecule has 0 saturated carbocycles. The molecule has 0 saturated heterocycles. The van der Waals surface area contributed by atoms with Crippen molar-refractivity contribution < 1.29 is 20.4 Å². The van der Waals surface area contributed by atoms with Gasteiger partial charge in [0.1, 0.15) is 5.03 Å². The van der Waals surface area contributed by atoms with E-state index in [1.54, 1.807) is 6.07 Å². The molecule has 1 aromatic rings. The Morgan fingerprint density at radius 2 is 1.94 bits per heavy atom. The molecule has 18 heavy (non-hydrogen) atoms. The Morgan fingerprint density at radius 3 is 2.50 bits per heavy atom. The predicted octanol–water partition coefficient (Wildman–Crippen LogP) is -1.96. The van der Waals surface area contributed by atoms with E-state index in [1.807, 2.05) is 0 Å². The molecule has 0 fully saturated rings. The van der Waals surface area contributed by atoms with Gasteiger partial charge in [0, 0.05) is 11.9 Å². The zero-order valence-corrected chi connectivity index (χ0v) is 10.5. The van der Waals surface area contributed by atoms with Crippen molar-refractivity contribution in [3.05, 3.63) is 22.7 Å². The SMILES string of the molecule is O=c1nc(SCC(O)CO)ccn1CC(O)CO. The van der Waals surface area contributed by atoms with Gasteiger partial charge in [0.15, 0.2) is 0 Å². The topological polar surface area (TPSA) is 116 Å². The molecule has 0 aliphatic heterocycles. The third-order valence-electron chi connectivity index (χ3n) is 2.10. The number of hydrogen-bond donors (Lipinski definition) is 4. The van der Waals surface area contributed by atoms with Crippen molar-refractivity contribution in [1.82, 2.24) is 9.55 Å². The molecule has 102 valence electrons. The molecular weight excluding hydrogens is 260 g/mol. The summed E-state index contributed by atoms with van der Waals surface area (Å²) in [6.45, 7) is -0.787. The molecule has 4 N–H and O–H groups in total. The first kappa shape index (κ1) is 15.1. The van der Waals surface area contributed by atoms with Gasteiger partial charge in [-0.2, -0.15) is 4.98 Å². The summed E-state index contributed by atoms with van der Waals surface area (Å²) in [7, 11) is 0. The average molecular weight is 276 g/mol. The van der Waals surface area contributed by atoms with E-state index in [0.717, 1.165) is 11.8 Å². The monoisotopic (exact) mass is 276 g/mol. The maximum atomic E-state index is 11.5. The molecule has 2 unspecified atom stereocenters. The van der Waals surface area contributed by atoms with Crippen molar-refractivity contribution in [2.45, 2.75) is 23.8 Å². The number of aliphatic hydroxyl groups excluding tert-OH is 4. The molecule has 2 atom stereocenters. The first-order valence-electron chi connectivity index (χ1n) is 5.35. The molecule has 1 aromatic heterocycles. The zero-order chi connectivity index (χ0) is 13.5. The molecule has 1 heterocycles. The summed E-state index contributed by atoms with van der Waals surface area (Å²) in [6.07, 6.45) is -0.392. The number of thioether (sulfide) groups is 1. The molecule has 8 heteroatoms. The van der Waals surface area contributed by atoms with Crippen LogP contribution in [0.3, 0.4) is 0 Å². The van der Waals surface area contributed by atoms with Crippen LogP contribution in [-0.2, 0) is 6.54 Å². The lowest BCUT2D eigenvalue weighted by molar-refractivity contribution is 0.0799. The molecule has 0 radical (unpaired) electrons. The normalized spacial score (nSPS) is 14.4. The fraction of sp³-hybridized carbons (Fsp3) is 0.600. The van der Waals surface area contributed by atoms with Crippen LogP contribution in [0.5, 0.6) is 0 Å². The molecule has 0 aliphatic rings. The van der Waals surface area contributed by atoms with E-state index < -0.39 is 24.5 Å². The van der Waals surface area contributed by atoms with E-state index in [4.69, 9.17) is 15.3 Å². The predicted molar refractivity (Wildman–Crippen MR) is 65.4 cm³/mol.